The standard InChI is InChI=1S/C9H9Cl2NO3/c1-14-8-4-5(10)7(3-6(8)11)12-9(13)15-2/h3-4H,1-2H3,(H,12,13). The molecule has 1 aromatic rings. The zero-order valence-corrected chi connectivity index (χ0v) is 9.65. The molecule has 0 saturated carbocycles. The molecule has 0 aliphatic carbocycles. The molecule has 0 fully saturated rings. The normalized spacial score (nSPS) is 9.60. The number of amides is 1. The van der Waals surface area contributed by atoms with Crippen LogP contribution in [0.25, 0.3) is 0 Å². The number of ether oxygens (including phenoxy) is 2. The molecular formula is C9H9Cl2NO3. The van der Waals surface area contributed by atoms with Crippen molar-refractivity contribution in [3.63, 3.8) is 0 Å². The fourth-order valence-electron chi connectivity index (χ4n) is 0.942. The molecule has 0 radical (unpaired) electrons. The van der Waals surface area contributed by atoms with Crippen LogP contribution in [0.15, 0.2) is 12.1 Å². The fourth-order valence-corrected chi connectivity index (χ4v) is 1.38. The topological polar surface area (TPSA) is 47.6 Å². The lowest BCUT2D eigenvalue weighted by Gasteiger charge is -2.09. The summed E-state index contributed by atoms with van der Waals surface area (Å²) < 4.78 is 9.37. The quantitative estimate of drug-likeness (QED) is 0.876. The fraction of sp³-hybridized carbons (Fsp3) is 0.222. The summed E-state index contributed by atoms with van der Waals surface area (Å²) in [4.78, 5) is 10.9. The van der Waals surface area contributed by atoms with Gasteiger partial charge in [0.05, 0.1) is 30.0 Å². The van der Waals surface area contributed by atoms with Gasteiger partial charge in [0.25, 0.3) is 0 Å². The van der Waals surface area contributed by atoms with Gasteiger partial charge in [-0.1, -0.05) is 23.2 Å². The molecule has 6 heteroatoms. The highest BCUT2D eigenvalue weighted by molar-refractivity contribution is 6.36. The van der Waals surface area contributed by atoms with Crippen molar-refractivity contribution in [3.05, 3.63) is 22.2 Å². The van der Waals surface area contributed by atoms with E-state index in [1.54, 1.807) is 0 Å². The monoisotopic (exact) mass is 249 g/mol. The zero-order valence-electron chi connectivity index (χ0n) is 8.14. The van der Waals surface area contributed by atoms with E-state index >= 15 is 0 Å². The second-order valence-electron chi connectivity index (χ2n) is 2.58. The zero-order chi connectivity index (χ0) is 11.4. The van der Waals surface area contributed by atoms with E-state index in [2.05, 4.69) is 10.1 Å². The molecule has 1 N–H and O–H groups in total. The van der Waals surface area contributed by atoms with E-state index in [4.69, 9.17) is 27.9 Å². The van der Waals surface area contributed by atoms with Crippen molar-refractivity contribution in [1.82, 2.24) is 0 Å². The molecule has 0 aliphatic heterocycles. The Kier molecular flexibility index (Phi) is 4.05. The Morgan fingerprint density at radius 1 is 1.27 bits per heavy atom. The van der Waals surface area contributed by atoms with Crippen molar-refractivity contribution in [1.29, 1.82) is 0 Å². The summed E-state index contributed by atoms with van der Waals surface area (Å²) in [6.07, 6.45) is -0.613. The van der Waals surface area contributed by atoms with Crippen LogP contribution >= 0.6 is 23.2 Å². The number of methoxy groups -OCH3 is 2. The largest absolute Gasteiger partial charge is 0.495 e. The molecule has 15 heavy (non-hydrogen) atoms. The lowest BCUT2D eigenvalue weighted by atomic mass is 10.3. The first-order valence-corrected chi connectivity index (χ1v) is 4.72. The van der Waals surface area contributed by atoms with Crippen LogP contribution in [0.3, 0.4) is 0 Å². The Bertz CT molecular complexity index is 382. The van der Waals surface area contributed by atoms with Crippen molar-refractivity contribution in [2.45, 2.75) is 0 Å². The maximum atomic E-state index is 10.9. The number of benzene rings is 1. The van der Waals surface area contributed by atoms with Gasteiger partial charge in [-0.3, -0.25) is 5.32 Å². The van der Waals surface area contributed by atoms with Gasteiger partial charge in [-0.2, -0.15) is 0 Å². The van der Waals surface area contributed by atoms with Gasteiger partial charge in [0.2, 0.25) is 0 Å². The Morgan fingerprint density at radius 2 is 1.93 bits per heavy atom. The average Bonchev–Trinajstić information content (AvgIpc) is 2.22. The lowest BCUT2D eigenvalue weighted by molar-refractivity contribution is 0.187. The molecule has 0 heterocycles. The van der Waals surface area contributed by atoms with Gasteiger partial charge < -0.3 is 9.47 Å². The number of hydrogen-bond acceptors (Lipinski definition) is 3. The molecular weight excluding hydrogens is 241 g/mol. The van der Waals surface area contributed by atoms with Crippen molar-refractivity contribution >= 4 is 35.0 Å². The molecule has 4 nitrogen and oxygen atoms in total. The van der Waals surface area contributed by atoms with Gasteiger partial charge in [0, 0.05) is 6.07 Å². The molecule has 1 rings (SSSR count). The summed E-state index contributed by atoms with van der Waals surface area (Å²) in [5.41, 5.74) is 0.370. The summed E-state index contributed by atoms with van der Waals surface area (Å²) in [6, 6.07) is 2.99. The van der Waals surface area contributed by atoms with Crippen molar-refractivity contribution in [2.24, 2.45) is 0 Å². The van der Waals surface area contributed by atoms with Gasteiger partial charge in [-0.05, 0) is 6.07 Å². The molecule has 0 saturated heterocycles. The molecule has 0 aromatic heterocycles. The van der Waals surface area contributed by atoms with E-state index in [1.165, 1.54) is 26.4 Å². The van der Waals surface area contributed by atoms with E-state index in [0.717, 1.165) is 0 Å². The minimum atomic E-state index is -0.613. The Morgan fingerprint density at radius 3 is 2.47 bits per heavy atom. The molecule has 1 aromatic carbocycles. The molecule has 0 atom stereocenters. The summed E-state index contributed by atoms with van der Waals surface area (Å²) in [5.74, 6) is 0.442. The predicted octanol–water partition coefficient (Wildman–Crippen LogP) is 3.18. The highest BCUT2D eigenvalue weighted by Gasteiger charge is 2.10. The Labute approximate surface area is 97.1 Å². The number of carbonyl (C=O) groups excluding carboxylic acids is 1. The van der Waals surface area contributed by atoms with Crippen molar-refractivity contribution in [2.75, 3.05) is 19.5 Å². The number of carbonyl (C=O) groups is 1. The summed E-state index contributed by atoms with van der Waals surface area (Å²) in [6.45, 7) is 0. The van der Waals surface area contributed by atoms with Crippen LogP contribution in [0.4, 0.5) is 10.5 Å². The van der Waals surface area contributed by atoms with Crippen LogP contribution in [-0.2, 0) is 4.74 Å². The second-order valence-corrected chi connectivity index (χ2v) is 3.40. The van der Waals surface area contributed by atoms with Crippen LogP contribution in [0.1, 0.15) is 0 Å². The van der Waals surface area contributed by atoms with Gasteiger partial charge in [-0.25, -0.2) is 4.79 Å². The van der Waals surface area contributed by atoms with Gasteiger partial charge in [0.15, 0.2) is 0 Å². The van der Waals surface area contributed by atoms with Crippen LogP contribution in [0.5, 0.6) is 5.75 Å². The maximum absolute atomic E-state index is 10.9. The maximum Gasteiger partial charge on any atom is 0.411 e. The van der Waals surface area contributed by atoms with Crippen LogP contribution in [0, 0.1) is 0 Å². The van der Waals surface area contributed by atoms with Crippen LogP contribution in [0.2, 0.25) is 10.0 Å². The lowest BCUT2D eigenvalue weighted by Crippen LogP contribution is -2.11. The summed E-state index contributed by atoms with van der Waals surface area (Å²) >= 11 is 11.7. The number of anilines is 1. The molecule has 82 valence electrons. The second kappa shape index (κ2) is 5.09. The van der Waals surface area contributed by atoms with Crippen molar-refractivity contribution in [3.8, 4) is 5.75 Å². The number of nitrogens with one attached hydrogen (secondary N) is 1. The minimum absolute atomic E-state index is 0.321. The highest BCUT2D eigenvalue weighted by atomic mass is 35.5. The van der Waals surface area contributed by atoms with E-state index in [9.17, 15) is 4.79 Å². The molecule has 0 bridgehead atoms. The van der Waals surface area contributed by atoms with Crippen molar-refractivity contribution < 1.29 is 14.3 Å². The van der Waals surface area contributed by atoms with Gasteiger partial charge in [0.1, 0.15) is 5.75 Å². The first kappa shape index (κ1) is 11.9. The van der Waals surface area contributed by atoms with E-state index < -0.39 is 6.09 Å². The molecule has 0 unspecified atom stereocenters. The van der Waals surface area contributed by atoms with Gasteiger partial charge >= 0.3 is 6.09 Å². The van der Waals surface area contributed by atoms with E-state index in [0.29, 0.717) is 21.5 Å². The number of halogens is 2. The van der Waals surface area contributed by atoms with Crippen LogP contribution in [-0.4, -0.2) is 20.3 Å². The first-order valence-electron chi connectivity index (χ1n) is 3.96. The SMILES string of the molecule is COC(=O)Nc1cc(Cl)c(OC)cc1Cl. The Balaban J connectivity index is 3.00. The number of hydrogen-bond donors (Lipinski definition) is 1. The smallest absolute Gasteiger partial charge is 0.411 e. The molecule has 0 aliphatic rings. The number of rotatable bonds is 2. The minimum Gasteiger partial charge on any atom is -0.495 e. The third-order valence-corrected chi connectivity index (χ3v) is 2.27. The first-order chi connectivity index (χ1) is 7.08. The highest BCUT2D eigenvalue weighted by Crippen LogP contribution is 2.33. The Hall–Kier alpha value is -1.13. The predicted molar refractivity (Wildman–Crippen MR) is 59.0 cm³/mol. The van der Waals surface area contributed by atoms with E-state index in [-0.39, 0.29) is 0 Å². The third-order valence-electron chi connectivity index (χ3n) is 1.66. The third kappa shape index (κ3) is 2.91. The van der Waals surface area contributed by atoms with E-state index in [1.807, 2.05) is 0 Å². The van der Waals surface area contributed by atoms with Gasteiger partial charge in [-0.15, -0.1) is 0 Å². The summed E-state index contributed by atoms with van der Waals surface area (Å²) in [7, 11) is 2.74. The average molecular weight is 250 g/mol. The van der Waals surface area contributed by atoms with Crippen LogP contribution < -0.4 is 10.1 Å². The molecule has 0 spiro atoms. The summed E-state index contributed by atoms with van der Waals surface area (Å²) in [5, 5.41) is 3.09. The molecule has 1 amide bonds.